The first-order valence-corrected chi connectivity index (χ1v) is 6.70. The van der Waals surface area contributed by atoms with Gasteiger partial charge in [-0.3, -0.25) is 16.0 Å². The zero-order chi connectivity index (χ0) is 13.1. The molecule has 1 saturated carbocycles. The van der Waals surface area contributed by atoms with Crippen molar-refractivity contribution in [2.24, 2.45) is 18.8 Å². The molecule has 18 heavy (non-hydrogen) atoms. The van der Waals surface area contributed by atoms with Crippen LogP contribution in [-0.2, 0) is 24.6 Å². The Kier molecular flexibility index (Phi) is 4.37. The predicted molar refractivity (Wildman–Crippen MR) is 70.9 cm³/mol. The topological polar surface area (TPSA) is 65.1 Å². The lowest BCUT2D eigenvalue weighted by molar-refractivity contribution is 0.0505. The number of hydrogen-bond acceptors (Lipinski definition) is 4. The van der Waals surface area contributed by atoms with Crippen LogP contribution in [0.3, 0.4) is 0 Å². The van der Waals surface area contributed by atoms with E-state index in [2.05, 4.69) is 23.5 Å². The third-order valence-corrected chi connectivity index (χ3v) is 3.79. The molecule has 1 aromatic rings. The van der Waals surface area contributed by atoms with Gasteiger partial charge in [-0.25, -0.2) is 0 Å². The molecule has 1 aliphatic rings. The van der Waals surface area contributed by atoms with Crippen molar-refractivity contribution in [3.05, 3.63) is 17.5 Å². The number of hydrazine groups is 1. The van der Waals surface area contributed by atoms with E-state index in [1.54, 1.807) is 7.11 Å². The Hall–Kier alpha value is -0.910. The van der Waals surface area contributed by atoms with Gasteiger partial charge in [-0.05, 0) is 31.2 Å². The number of aryl methyl sites for hydroxylation is 2. The van der Waals surface area contributed by atoms with Crippen LogP contribution in [0.5, 0.6) is 0 Å². The quantitative estimate of drug-likeness (QED) is 0.556. The average Bonchev–Trinajstić information content (AvgIpc) is 3.14. The Morgan fingerprint density at radius 2 is 2.33 bits per heavy atom. The molecule has 0 aromatic carbocycles. The van der Waals surface area contributed by atoms with Gasteiger partial charge < -0.3 is 4.74 Å². The van der Waals surface area contributed by atoms with E-state index in [9.17, 15) is 0 Å². The molecular weight excluding hydrogens is 228 g/mol. The molecule has 0 radical (unpaired) electrons. The lowest BCUT2D eigenvalue weighted by atomic mass is 10.0. The van der Waals surface area contributed by atoms with Crippen molar-refractivity contribution in [2.75, 3.05) is 7.11 Å². The molecule has 0 bridgehead atoms. The van der Waals surface area contributed by atoms with Crippen molar-refractivity contribution in [1.29, 1.82) is 0 Å². The number of nitrogens with two attached hydrogens (primary N) is 1. The Balaban J connectivity index is 2.06. The number of aromatic nitrogens is 2. The van der Waals surface area contributed by atoms with Gasteiger partial charge in [0.05, 0.1) is 17.8 Å². The summed E-state index contributed by atoms with van der Waals surface area (Å²) < 4.78 is 7.55. The van der Waals surface area contributed by atoms with Crippen molar-refractivity contribution in [3.63, 3.8) is 0 Å². The highest BCUT2D eigenvalue weighted by Crippen LogP contribution is 2.36. The first kappa shape index (κ1) is 13.5. The monoisotopic (exact) mass is 252 g/mol. The average molecular weight is 252 g/mol. The van der Waals surface area contributed by atoms with Crippen LogP contribution in [0.1, 0.15) is 31.2 Å². The fraction of sp³-hybridized carbons (Fsp3) is 0.769. The molecule has 0 amide bonds. The predicted octanol–water partition coefficient (Wildman–Crippen LogP) is 0.782. The van der Waals surface area contributed by atoms with E-state index in [1.807, 2.05) is 11.7 Å². The maximum absolute atomic E-state index is 5.69. The SMILES string of the molecule is CCc1cc(CC(NN)C(OC)C2CC2)n(C)n1. The minimum atomic E-state index is 0.155. The highest BCUT2D eigenvalue weighted by atomic mass is 16.5. The molecule has 1 aromatic heterocycles. The third-order valence-electron chi connectivity index (χ3n) is 3.79. The van der Waals surface area contributed by atoms with Gasteiger partial charge in [0, 0.05) is 26.3 Å². The normalized spacial score (nSPS) is 18.9. The molecule has 102 valence electrons. The lowest BCUT2D eigenvalue weighted by Crippen LogP contribution is -2.47. The molecular formula is C13H24N4O. The molecule has 1 heterocycles. The van der Waals surface area contributed by atoms with Crippen LogP contribution < -0.4 is 11.3 Å². The fourth-order valence-electron chi connectivity index (χ4n) is 2.54. The van der Waals surface area contributed by atoms with Gasteiger partial charge in [0.15, 0.2) is 0 Å². The second-order valence-corrected chi connectivity index (χ2v) is 5.12. The molecule has 1 aliphatic carbocycles. The smallest absolute Gasteiger partial charge is 0.0769 e. The summed E-state index contributed by atoms with van der Waals surface area (Å²) in [6, 6.07) is 2.31. The maximum atomic E-state index is 5.69. The lowest BCUT2D eigenvalue weighted by Gasteiger charge is -2.25. The second-order valence-electron chi connectivity index (χ2n) is 5.12. The summed E-state index contributed by atoms with van der Waals surface area (Å²) in [5.74, 6) is 6.35. The number of hydrogen-bond donors (Lipinski definition) is 2. The zero-order valence-corrected chi connectivity index (χ0v) is 11.5. The Bertz CT molecular complexity index is 386. The van der Waals surface area contributed by atoms with Crippen molar-refractivity contribution in [1.82, 2.24) is 15.2 Å². The van der Waals surface area contributed by atoms with E-state index in [0.29, 0.717) is 5.92 Å². The third kappa shape index (κ3) is 2.91. The summed E-state index contributed by atoms with van der Waals surface area (Å²) in [4.78, 5) is 0. The zero-order valence-electron chi connectivity index (χ0n) is 11.5. The minimum Gasteiger partial charge on any atom is -0.379 e. The van der Waals surface area contributed by atoms with Gasteiger partial charge in [0.2, 0.25) is 0 Å². The summed E-state index contributed by atoms with van der Waals surface area (Å²) in [5.41, 5.74) is 5.25. The first-order chi connectivity index (χ1) is 8.69. The molecule has 1 fully saturated rings. The number of methoxy groups -OCH3 is 1. The Labute approximate surface area is 109 Å². The van der Waals surface area contributed by atoms with Crippen LogP contribution in [0, 0.1) is 5.92 Å². The van der Waals surface area contributed by atoms with E-state index >= 15 is 0 Å². The van der Waals surface area contributed by atoms with Gasteiger partial charge in [-0.2, -0.15) is 5.10 Å². The van der Waals surface area contributed by atoms with Crippen molar-refractivity contribution >= 4 is 0 Å². The molecule has 0 aliphatic heterocycles. The summed E-state index contributed by atoms with van der Waals surface area (Å²) in [6.07, 6.45) is 4.53. The molecule has 5 heteroatoms. The van der Waals surface area contributed by atoms with Crippen LogP contribution in [0.4, 0.5) is 0 Å². The van der Waals surface area contributed by atoms with Crippen LogP contribution in [0.25, 0.3) is 0 Å². The Morgan fingerprint density at radius 3 is 2.78 bits per heavy atom. The standard InChI is InChI=1S/C13H24N4O/c1-4-10-7-11(17(2)16-10)8-12(15-14)13(18-3)9-5-6-9/h7,9,12-13,15H,4-6,8,14H2,1-3H3. The van der Waals surface area contributed by atoms with Crippen molar-refractivity contribution in [2.45, 2.75) is 44.8 Å². The molecule has 2 rings (SSSR count). The van der Waals surface area contributed by atoms with E-state index in [4.69, 9.17) is 10.6 Å². The highest BCUT2D eigenvalue weighted by molar-refractivity contribution is 5.12. The Morgan fingerprint density at radius 1 is 1.61 bits per heavy atom. The number of ether oxygens (including phenoxy) is 1. The molecule has 0 saturated heterocycles. The molecule has 0 spiro atoms. The fourth-order valence-corrected chi connectivity index (χ4v) is 2.54. The van der Waals surface area contributed by atoms with Gasteiger partial charge in [0.1, 0.15) is 0 Å². The molecule has 5 nitrogen and oxygen atoms in total. The van der Waals surface area contributed by atoms with E-state index in [1.165, 1.54) is 18.5 Å². The van der Waals surface area contributed by atoms with Gasteiger partial charge in [-0.1, -0.05) is 6.92 Å². The summed E-state index contributed by atoms with van der Waals surface area (Å²) in [7, 11) is 3.76. The van der Waals surface area contributed by atoms with E-state index < -0.39 is 0 Å². The molecule has 2 unspecified atom stereocenters. The van der Waals surface area contributed by atoms with Gasteiger partial charge in [-0.15, -0.1) is 0 Å². The highest BCUT2D eigenvalue weighted by Gasteiger charge is 2.36. The summed E-state index contributed by atoms with van der Waals surface area (Å²) >= 11 is 0. The number of nitrogens with one attached hydrogen (secondary N) is 1. The van der Waals surface area contributed by atoms with Crippen molar-refractivity contribution in [3.8, 4) is 0 Å². The summed E-state index contributed by atoms with van der Waals surface area (Å²) in [6.45, 7) is 2.12. The van der Waals surface area contributed by atoms with Crippen LogP contribution in [-0.4, -0.2) is 29.0 Å². The largest absolute Gasteiger partial charge is 0.379 e. The number of rotatable bonds is 7. The van der Waals surface area contributed by atoms with Crippen LogP contribution in [0.2, 0.25) is 0 Å². The summed E-state index contributed by atoms with van der Waals surface area (Å²) in [5, 5.41) is 4.47. The van der Waals surface area contributed by atoms with Gasteiger partial charge >= 0.3 is 0 Å². The van der Waals surface area contributed by atoms with Crippen LogP contribution >= 0.6 is 0 Å². The number of nitrogens with zero attached hydrogens (tertiary/aromatic N) is 2. The van der Waals surface area contributed by atoms with Crippen molar-refractivity contribution < 1.29 is 4.74 Å². The van der Waals surface area contributed by atoms with E-state index in [-0.39, 0.29) is 12.1 Å². The van der Waals surface area contributed by atoms with Crippen LogP contribution in [0.15, 0.2) is 6.07 Å². The maximum Gasteiger partial charge on any atom is 0.0769 e. The van der Waals surface area contributed by atoms with E-state index in [0.717, 1.165) is 18.5 Å². The first-order valence-electron chi connectivity index (χ1n) is 6.70. The minimum absolute atomic E-state index is 0.155. The second kappa shape index (κ2) is 5.82. The molecule has 2 atom stereocenters. The van der Waals surface area contributed by atoms with Gasteiger partial charge in [0.25, 0.3) is 0 Å². The molecule has 3 N–H and O–H groups in total.